The monoisotopic (exact) mass is 325 g/mol. The average molecular weight is 325 g/mol. The molecule has 6 N–H and O–H groups in total. The highest BCUT2D eigenvalue weighted by Gasteiger charge is 2.53. The molecule has 4 unspecified atom stereocenters. The number of hydrogen-bond donors (Lipinski definition) is 6. The van der Waals surface area contributed by atoms with E-state index in [0.29, 0.717) is 0 Å². The number of aliphatic hydroxyl groups excluding tert-OH is 4. The number of phenolic OH excluding ortho intramolecular Hbond substituents is 1. The molecular weight excluding hydrogens is 310 g/mol. The number of nitrogens with one attached hydrogen (secondary N) is 1. The van der Waals surface area contributed by atoms with E-state index in [1.807, 2.05) is 0 Å². The zero-order valence-electron chi connectivity index (χ0n) is 11.7. The summed E-state index contributed by atoms with van der Waals surface area (Å²) in [6, 6.07) is 0.428. The molecule has 4 rings (SSSR count). The molecule has 6 atom stereocenters. The summed E-state index contributed by atoms with van der Waals surface area (Å²) in [6.45, 7) is -0.117. The van der Waals surface area contributed by atoms with Gasteiger partial charge in [-0.2, -0.15) is 0 Å². The van der Waals surface area contributed by atoms with Gasteiger partial charge >= 0.3 is 0 Å². The van der Waals surface area contributed by atoms with Crippen LogP contribution in [-0.2, 0) is 0 Å². The molecule has 0 saturated heterocycles. The molecular formula is C14H15NO8. The van der Waals surface area contributed by atoms with Gasteiger partial charge in [-0.25, -0.2) is 0 Å². The highest BCUT2D eigenvalue weighted by Crippen LogP contribution is 2.49. The van der Waals surface area contributed by atoms with E-state index < -0.39 is 48.0 Å². The Morgan fingerprint density at radius 1 is 1.04 bits per heavy atom. The van der Waals surface area contributed by atoms with Gasteiger partial charge in [0.2, 0.25) is 12.5 Å². The third-order valence-corrected chi connectivity index (χ3v) is 4.73. The summed E-state index contributed by atoms with van der Waals surface area (Å²) in [6.07, 6.45) is -6.11. The van der Waals surface area contributed by atoms with E-state index >= 15 is 0 Å². The van der Waals surface area contributed by atoms with Crippen LogP contribution in [-0.4, -0.2) is 68.7 Å². The van der Waals surface area contributed by atoms with Crippen LogP contribution < -0.4 is 14.8 Å². The van der Waals surface area contributed by atoms with Crippen molar-refractivity contribution in [2.45, 2.75) is 36.4 Å². The first-order valence-corrected chi connectivity index (χ1v) is 7.10. The second-order valence-electron chi connectivity index (χ2n) is 5.91. The zero-order valence-corrected chi connectivity index (χ0v) is 11.7. The topological polar surface area (TPSA) is 149 Å². The van der Waals surface area contributed by atoms with Crippen LogP contribution in [0.5, 0.6) is 17.2 Å². The number of fused-ring (bicyclic) bond motifs is 4. The van der Waals surface area contributed by atoms with Crippen molar-refractivity contribution in [3.63, 3.8) is 0 Å². The van der Waals surface area contributed by atoms with Gasteiger partial charge in [-0.05, 0) is 11.6 Å². The van der Waals surface area contributed by atoms with Crippen molar-refractivity contribution in [1.29, 1.82) is 0 Å². The molecule has 2 aliphatic heterocycles. The first kappa shape index (κ1) is 14.5. The van der Waals surface area contributed by atoms with E-state index in [-0.39, 0.29) is 29.4 Å². The van der Waals surface area contributed by atoms with Gasteiger partial charge in [0.25, 0.3) is 5.91 Å². The van der Waals surface area contributed by atoms with Gasteiger partial charge in [0.1, 0.15) is 18.3 Å². The Labute approximate surface area is 129 Å². The van der Waals surface area contributed by atoms with Crippen LogP contribution in [0.2, 0.25) is 0 Å². The molecule has 0 aromatic heterocycles. The quantitative estimate of drug-likeness (QED) is 0.314. The van der Waals surface area contributed by atoms with Gasteiger partial charge in [-0.15, -0.1) is 0 Å². The summed E-state index contributed by atoms with van der Waals surface area (Å²) >= 11 is 0. The SMILES string of the molecule is O=C1N[C@H]2C(O)C(O)[C@@H](O)C(O)C2c2cc3c(c(O)c21)OCO3. The molecule has 1 aromatic carbocycles. The van der Waals surface area contributed by atoms with Gasteiger partial charge in [-0.1, -0.05) is 0 Å². The lowest BCUT2D eigenvalue weighted by molar-refractivity contribution is -0.155. The van der Waals surface area contributed by atoms with E-state index in [4.69, 9.17) is 9.47 Å². The van der Waals surface area contributed by atoms with Crippen molar-refractivity contribution in [1.82, 2.24) is 5.32 Å². The molecule has 9 heteroatoms. The summed E-state index contributed by atoms with van der Waals surface area (Å²) < 4.78 is 10.3. The van der Waals surface area contributed by atoms with Crippen LogP contribution >= 0.6 is 0 Å². The van der Waals surface area contributed by atoms with Crippen molar-refractivity contribution < 1.29 is 39.8 Å². The molecule has 9 nitrogen and oxygen atoms in total. The maximum Gasteiger partial charge on any atom is 0.255 e. The number of aliphatic hydroxyl groups is 4. The average Bonchev–Trinajstić information content (AvgIpc) is 2.99. The predicted octanol–water partition coefficient (Wildman–Crippen LogP) is -2.23. The molecule has 1 fully saturated rings. The number of benzene rings is 1. The fourth-order valence-electron chi connectivity index (χ4n) is 3.58. The number of amides is 1. The van der Waals surface area contributed by atoms with Gasteiger partial charge in [0.15, 0.2) is 11.5 Å². The molecule has 1 saturated carbocycles. The molecule has 1 aliphatic carbocycles. The number of aromatic hydroxyl groups is 1. The third kappa shape index (κ3) is 1.78. The highest BCUT2D eigenvalue weighted by atomic mass is 16.7. The van der Waals surface area contributed by atoms with Crippen LogP contribution in [0.1, 0.15) is 21.8 Å². The highest BCUT2D eigenvalue weighted by molar-refractivity contribution is 6.01. The molecule has 0 radical (unpaired) electrons. The molecule has 3 aliphatic rings. The maximum atomic E-state index is 12.3. The van der Waals surface area contributed by atoms with Crippen LogP contribution in [0, 0.1) is 0 Å². The lowest BCUT2D eigenvalue weighted by atomic mass is 9.70. The van der Waals surface area contributed by atoms with E-state index in [9.17, 15) is 30.3 Å². The molecule has 2 heterocycles. The van der Waals surface area contributed by atoms with E-state index in [1.54, 1.807) is 0 Å². The number of rotatable bonds is 0. The van der Waals surface area contributed by atoms with Gasteiger partial charge < -0.3 is 40.3 Å². The number of phenols is 1. The summed E-state index contributed by atoms with van der Waals surface area (Å²) in [5.41, 5.74) is 0.114. The van der Waals surface area contributed by atoms with Crippen LogP contribution in [0.3, 0.4) is 0 Å². The molecule has 1 amide bonds. The molecule has 0 spiro atoms. The van der Waals surface area contributed by atoms with Crippen LogP contribution in [0.25, 0.3) is 0 Å². The van der Waals surface area contributed by atoms with Crippen LogP contribution in [0.4, 0.5) is 0 Å². The Morgan fingerprint density at radius 3 is 2.48 bits per heavy atom. The Morgan fingerprint density at radius 2 is 1.74 bits per heavy atom. The molecule has 1 aromatic rings. The lowest BCUT2D eigenvalue weighted by Crippen LogP contribution is -2.66. The van der Waals surface area contributed by atoms with Crippen LogP contribution in [0.15, 0.2) is 6.07 Å². The van der Waals surface area contributed by atoms with Crippen molar-refractivity contribution in [2.75, 3.05) is 6.79 Å². The van der Waals surface area contributed by atoms with E-state index in [2.05, 4.69) is 5.32 Å². The summed E-state index contributed by atoms with van der Waals surface area (Å²) in [4.78, 5) is 12.3. The third-order valence-electron chi connectivity index (χ3n) is 4.73. The predicted molar refractivity (Wildman–Crippen MR) is 72.3 cm³/mol. The Balaban J connectivity index is 1.91. The Bertz CT molecular complexity index is 692. The van der Waals surface area contributed by atoms with E-state index in [0.717, 1.165) is 0 Å². The summed E-state index contributed by atoms with van der Waals surface area (Å²) in [7, 11) is 0. The minimum absolute atomic E-state index is 0.0313. The standard InChI is InChI=1S/C14H15NO8/c16-8-5-3-1-4-13(23-2-22-4)9(17)6(3)14(21)15-7(5)10(18)12(20)11(8)19/h1,5,7-8,10-12,16-20H,2H2,(H,15,21)/t5?,7-,8?,10?,11+,12?/m1/s1. The van der Waals surface area contributed by atoms with E-state index in [1.165, 1.54) is 6.07 Å². The second-order valence-corrected chi connectivity index (χ2v) is 5.91. The van der Waals surface area contributed by atoms with Gasteiger partial charge in [-0.3, -0.25) is 4.79 Å². The fraction of sp³-hybridized carbons (Fsp3) is 0.500. The maximum absolute atomic E-state index is 12.3. The summed E-state index contributed by atoms with van der Waals surface area (Å²) in [5, 5.41) is 52.9. The van der Waals surface area contributed by atoms with Gasteiger partial charge in [0, 0.05) is 5.92 Å². The van der Waals surface area contributed by atoms with Crippen molar-refractivity contribution in [2.24, 2.45) is 0 Å². The summed E-state index contributed by atoms with van der Waals surface area (Å²) in [5.74, 6) is -1.78. The first-order chi connectivity index (χ1) is 10.9. The molecule has 23 heavy (non-hydrogen) atoms. The Kier molecular flexibility index (Phi) is 2.97. The minimum atomic E-state index is -1.60. The van der Waals surface area contributed by atoms with Crippen molar-refractivity contribution in [3.8, 4) is 17.2 Å². The fourth-order valence-corrected chi connectivity index (χ4v) is 3.58. The first-order valence-electron chi connectivity index (χ1n) is 7.10. The van der Waals surface area contributed by atoms with Gasteiger partial charge in [0.05, 0.1) is 17.7 Å². The lowest BCUT2D eigenvalue weighted by Gasteiger charge is -2.47. The normalized spacial score (nSPS) is 37.8. The molecule has 0 bridgehead atoms. The second kappa shape index (κ2) is 4.71. The number of ether oxygens (including phenoxy) is 2. The number of carbonyl (C=O) groups is 1. The smallest absolute Gasteiger partial charge is 0.255 e. The Hall–Kier alpha value is -2.07. The zero-order chi connectivity index (χ0) is 16.5. The number of hydrogen-bond acceptors (Lipinski definition) is 8. The number of carbonyl (C=O) groups excluding carboxylic acids is 1. The minimum Gasteiger partial charge on any atom is -0.504 e. The largest absolute Gasteiger partial charge is 0.504 e. The van der Waals surface area contributed by atoms with Crippen molar-refractivity contribution in [3.05, 3.63) is 17.2 Å². The molecule has 124 valence electrons. The van der Waals surface area contributed by atoms with Crippen molar-refractivity contribution >= 4 is 5.91 Å².